The van der Waals surface area contributed by atoms with Crippen molar-refractivity contribution < 1.29 is 14.4 Å². The molecule has 7 heteroatoms. The van der Waals surface area contributed by atoms with Crippen LogP contribution in [0.1, 0.15) is 0 Å². The predicted octanol–water partition coefficient (Wildman–Crippen LogP) is -1.21. The van der Waals surface area contributed by atoms with E-state index in [1.807, 2.05) is 0 Å². The number of quaternary nitrogens is 2. The first-order chi connectivity index (χ1) is 2.56. The molecule has 0 heterocycles. The molecule has 0 unspecified atom stereocenters. The van der Waals surface area contributed by atoms with E-state index in [-0.39, 0.29) is 12.3 Å². The molecule has 0 aliphatic heterocycles. The fourth-order valence-electron chi connectivity index (χ4n) is 0. The minimum atomic E-state index is -4.40. The largest absolute Gasteiger partial charge is 0.799 e. The maximum absolute atomic E-state index is 9.36. The molecule has 0 atom stereocenters. The zero-order valence-corrected chi connectivity index (χ0v) is 6.07. The highest BCUT2D eigenvalue weighted by molar-refractivity contribution is 7.46. The predicted molar refractivity (Wildman–Crippen MR) is 28.6 cm³/mol. The maximum Gasteiger partial charge on any atom is -0.00290 e. The van der Waals surface area contributed by atoms with Crippen LogP contribution in [0.5, 0.6) is 0 Å². The molecule has 0 rings (SSSR count). The normalized spacial score (nSPS) is 8.88. The Balaban J connectivity index is -0.000000125. The number of hydrogen-bond acceptors (Lipinski definition) is 3. The van der Waals surface area contributed by atoms with E-state index >= 15 is 0 Å². The third kappa shape index (κ3) is 16.6. The fourth-order valence-corrected chi connectivity index (χ4v) is 0. The van der Waals surface area contributed by atoms with Crippen molar-refractivity contribution in [1.29, 1.82) is 0 Å². The van der Waals surface area contributed by atoms with Crippen molar-refractivity contribution in [2.24, 2.45) is 0 Å². The molecule has 0 radical (unpaired) electrons. The third-order valence-corrected chi connectivity index (χ3v) is 0.822. The van der Waals surface area contributed by atoms with Gasteiger partial charge in [-0.1, -0.05) is 0 Å². The molecule has 54 valence electrons. The van der Waals surface area contributed by atoms with Crippen LogP contribution in [0.4, 0.5) is 0 Å². The lowest BCUT2D eigenvalue weighted by Crippen LogP contribution is -2.24. The zero-order chi connectivity index (χ0) is 5.21. The summed E-state index contributed by atoms with van der Waals surface area (Å²) in [7, 11) is -3.33. The number of hydrogen-bond donors (Lipinski definition) is 3. The molecule has 9 N–H and O–H groups in total. The summed E-state index contributed by atoms with van der Waals surface area (Å²) in [5.74, 6) is 0. The summed E-state index contributed by atoms with van der Waals surface area (Å²) in [6, 6.07) is 0. The molecular formula is CH12N3O3P. The Morgan fingerprint density at radius 1 is 1.38 bits per heavy atom. The highest BCUT2D eigenvalue weighted by atomic mass is 31.2. The molecule has 0 fully saturated rings. The van der Waals surface area contributed by atoms with Crippen molar-refractivity contribution in [3.8, 4) is 0 Å². The second-order valence-electron chi connectivity index (χ2n) is 0.721. The van der Waals surface area contributed by atoms with Crippen LogP contribution in [0.2, 0.25) is 0 Å². The first-order valence-electron chi connectivity index (χ1n) is 1.27. The van der Waals surface area contributed by atoms with Crippen molar-refractivity contribution in [1.82, 2.24) is 17.4 Å². The Labute approximate surface area is 47.7 Å². The minimum Gasteiger partial charge on any atom is -0.799 e. The van der Waals surface area contributed by atoms with Gasteiger partial charge in [0.15, 0.2) is 0 Å². The van der Waals surface area contributed by atoms with Gasteiger partial charge in [-0.05, 0) is 14.8 Å². The van der Waals surface area contributed by atoms with E-state index < -0.39 is 7.75 Å². The molecule has 0 amide bonds. The Morgan fingerprint density at radius 2 is 1.50 bits per heavy atom. The Kier molecular flexibility index (Phi) is 10.1. The Morgan fingerprint density at radius 3 is 1.50 bits per heavy atom. The summed E-state index contributed by atoms with van der Waals surface area (Å²) < 4.78 is 9.36. The van der Waals surface area contributed by atoms with E-state index in [0.717, 1.165) is 7.05 Å². The first-order valence-corrected chi connectivity index (χ1v) is 2.81. The average Bonchev–Trinajstić information content (AvgIpc) is 1.35. The number of rotatable bonds is 1. The van der Waals surface area contributed by atoms with E-state index in [9.17, 15) is 14.4 Å². The van der Waals surface area contributed by atoms with Crippen LogP contribution >= 0.6 is 7.75 Å². The monoisotopic (exact) mass is 145 g/mol. The lowest BCUT2D eigenvalue weighted by Gasteiger charge is -2.27. The van der Waals surface area contributed by atoms with E-state index in [4.69, 9.17) is 0 Å². The zero-order valence-electron chi connectivity index (χ0n) is 5.17. The van der Waals surface area contributed by atoms with Crippen LogP contribution in [0.25, 0.3) is 0 Å². The van der Waals surface area contributed by atoms with Crippen LogP contribution in [0, 0.1) is 0 Å². The van der Waals surface area contributed by atoms with Crippen LogP contribution in [0.3, 0.4) is 0 Å². The quantitative estimate of drug-likeness (QED) is 0.396. The molecule has 8 heavy (non-hydrogen) atoms. The summed E-state index contributed by atoms with van der Waals surface area (Å²) in [6.07, 6.45) is 0. The van der Waals surface area contributed by atoms with Crippen molar-refractivity contribution >= 4 is 7.75 Å². The van der Waals surface area contributed by atoms with Crippen LogP contribution < -0.4 is 27.2 Å². The maximum atomic E-state index is 9.36. The van der Waals surface area contributed by atoms with E-state index in [2.05, 4.69) is 0 Å². The van der Waals surface area contributed by atoms with Gasteiger partial charge in [0.1, 0.15) is 0 Å². The molecule has 0 aromatic heterocycles. The van der Waals surface area contributed by atoms with Crippen molar-refractivity contribution in [3.63, 3.8) is 0 Å². The molecule has 0 aliphatic rings. The Bertz CT molecular complexity index is 78.6. The summed E-state index contributed by atoms with van der Waals surface area (Å²) in [5.41, 5.74) is 0. The summed E-state index contributed by atoms with van der Waals surface area (Å²) in [4.78, 5) is 18.7. The lowest BCUT2D eigenvalue weighted by atomic mass is 11.6. The Hall–Kier alpha value is 0.0300. The standard InChI is InChI=1S/CH6NO3P.2H3N/c1-2-6(3,4)5;;/h1H3,(H3,2,3,4,5);2*1H3. The van der Waals surface area contributed by atoms with Crippen LogP contribution in [0.15, 0.2) is 0 Å². The smallest absolute Gasteiger partial charge is 0.00290 e. The van der Waals surface area contributed by atoms with E-state index in [1.54, 1.807) is 5.09 Å². The minimum absolute atomic E-state index is 0. The lowest BCUT2D eigenvalue weighted by molar-refractivity contribution is -0.317. The van der Waals surface area contributed by atoms with Gasteiger partial charge in [-0.3, -0.25) is 5.09 Å². The molecular weight excluding hydrogens is 133 g/mol. The highest BCUT2D eigenvalue weighted by Crippen LogP contribution is 2.11. The molecule has 0 bridgehead atoms. The highest BCUT2D eigenvalue weighted by Gasteiger charge is 1.73. The second-order valence-corrected chi connectivity index (χ2v) is 2.16. The first kappa shape index (κ1) is 15.7. The van der Waals surface area contributed by atoms with Gasteiger partial charge in [0.2, 0.25) is 0 Å². The van der Waals surface area contributed by atoms with Gasteiger partial charge in [-0.25, -0.2) is 0 Å². The van der Waals surface area contributed by atoms with E-state index in [1.165, 1.54) is 0 Å². The van der Waals surface area contributed by atoms with Crippen LogP contribution in [-0.2, 0) is 4.57 Å². The topological polar surface area (TPSA) is 148 Å². The van der Waals surface area contributed by atoms with Crippen molar-refractivity contribution in [3.05, 3.63) is 0 Å². The van der Waals surface area contributed by atoms with Gasteiger partial charge in [0, 0.05) is 0 Å². The molecule has 0 saturated heterocycles. The van der Waals surface area contributed by atoms with Gasteiger partial charge in [-0.2, -0.15) is 0 Å². The van der Waals surface area contributed by atoms with E-state index in [0.29, 0.717) is 0 Å². The summed E-state index contributed by atoms with van der Waals surface area (Å²) in [6.45, 7) is 0. The van der Waals surface area contributed by atoms with Crippen molar-refractivity contribution in [2.75, 3.05) is 7.05 Å². The summed E-state index contributed by atoms with van der Waals surface area (Å²) in [5, 5.41) is 1.55. The molecule has 0 aromatic carbocycles. The van der Waals surface area contributed by atoms with Crippen LogP contribution in [-0.4, -0.2) is 7.05 Å². The average molecular weight is 145 g/mol. The summed E-state index contributed by atoms with van der Waals surface area (Å²) >= 11 is 0. The molecule has 6 nitrogen and oxygen atoms in total. The molecule has 0 aromatic rings. The number of nitrogens with one attached hydrogen (secondary N) is 1. The van der Waals surface area contributed by atoms with Gasteiger partial charge in [0.25, 0.3) is 0 Å². The van der Waals surface area contributed by atoms with Gasteiger partial charge >= 0.3 is 0 Å². The second kappa shape index (κ2) is 5.17. The van der Waals surface area contributed by atoms with Gasteiger partial charge in [0.05, 0.1) is 0 Å². The fraction of sp³-hybridized carbons (Fsp3) is 1.00. The molecule has 0 spiro atoms. The molecule has 0 saturated carbocycles. The van der Waals surface area contributed by atoms with Gasteiger partial charge in [-0.15, -0.1) is 0 Å². The van der Waals surface area contributed by atoms with Gasteiger partial charge < -0.3 is 26.7 Å². The van der Waals surface area contributed by atoms with Crippen molar-refractivity contribution in [2.45, 2.75) is 0 Å². The SMILES string of the molecule is CNP(=O)([O-])[O-].[NH4+].[NH4+]. The molecule has 0 aliphatic carbocycles. The third-order valence-electron chi connectivity index (χ3n) is 0.274.